The van der Waals surface area contributed by atoms with Crippen molar-refractivity contribution in [2.24, 2.45) is 0 Å². The lowest BCUT2D eigenvalue weighted by Crippen LogP contribution is -2.10. The minimum absolute atomic E-state index is 0.318. The van der Waals surface area contributed by atoms with Crippen LogP contribution >= 0.6 is 0 Å². The van der Waals surface area contributed by atoms with Crippen LogP contribution in [-0.4, -0.2) is 33.4 Å². The second-order valence-electron chi connectivity index (χ2n) is 3.44. The highest BCUT2D eigenvalue weighted by Crippen LogP contribution is 2.20. The Morgan fingerprint density at radius 1 is 1.29 bits per heavy atom. The number of esters is 1. The molecule has 1 aromatic carbocycles. The summed E-state index contributed by atoms with van der Waals surface area (Å²) in [7, 11) is 3.14. The fraction of sp³-hybridized carbons (Fsp3) is 0.417. The maximum absolute atomic E-state index is 11.6. The number of benzene rings is 1. The number of carbonyl (C=O) groups is 1. The summed E-state index contributed by atoms with van der Waals surface area (Å²) in [5, 5.41) is 0. The molecule has 0 unspecified atom stereocenters. The molecule has 0 fully saturated rings. The molecule has 0 radical (unpaired) electrons. The molecule has 1 aromatic rings. The van der Waals surface area contributed by atoms with Gasteiger partial charge in [0.2, 0.25) is 0 Å². The van der Waals surface area contributed by atoms with Crippen LogP contribution in [0.15, 0.2) is 18.2 Å². The Kier molecular flexibility index (Phi) is 5.29. The first kappa shape index (κ1) is 13.3. The van der Waals surface area contributed by atoms with Crippen molar-refractivity contribution in [1.29, 1.82) is 0 Å². The van der Waals surface area contributed by atoms with Crippen LogP contribution in [0.2, 0.25) is 0 Å². The van der Waals surface area contributed by atoms with Crippen molar-refractivity contribution in [2.45, 2.75) is 6.42 Å². The predicted octanol–water partition coefficient (Wildman–Crippen LogP) is 1.47. The number of hydrogen-bond acceptors (Lipinski definition) is 5. The first-order valence-electron chi connectivity index (χ1n) is 5.28. The van der Waals surface area contributed by atoms with Crippen LogP contribution in [0.25, 0.3) is 0 Å². The highest BCUT2D eigenvalue weighted by atomic mass is 16.5. The molecule has 0 aliphatic heterocycles. The molecule has 94 valence electrons. The average Bonchev–Trinajstić information content (AvgIpc) is 2.34. The normalized spacial score (nSPS) is 10.0. The summed E-state index contributed by atoms with van der Waals surface area (Å²) in [5.41, 5.74) is 6.42. The summed E-state index contributed by atoms with van der Waals surface area (Å²) >= 11 is 0. The SMILES string of the molecule is COCCCOC(=O)c1ccc(OC)cc1N. The molecule has 0 bridgehead atoms. The number of hydrogen-bond donors (Lipinski definition) is 1. The molecule has 5 heteroatoms. The summed E-state index contributed by atoms with van der Waals surface area (Å²) in [6, 6.07) is 4.85. The van der Waals surface area contributed by atoms with E-state index in [1.165, 1.54) is 7.11 Å². The highest BCUT2D eigenvalue weighted by molar-refractivity contribution is 5.95. The topological polar surface area (TPSA) is 70.8 Å². The van der Waals surface area contributed by atoms with Crippen molar-refractivity contribution in [3.63, 3.8) is 0 Å². The number of ether oxygens (including phenoxy) is 3. The lowest BCUT2D eigenvalue weighted by Gasteiger charge is -2.08. The molecule has 17 heavy (non-hydrogen) atoms. The van der Waals surface area contributed by atoms with E-state index in [4.69, 9.17) is 19.9 Å². The Labute approximate surface area is 100 Å². The van der Waals surface area contributed by atoms with E-state index in [2.05, 4.69) is 0 Å². The van der Waals surface area contributed by atoms with Gasteiger partial charge in [-0.1, -0.05) is 0 Å². The second kappa shape index (κ2) is 6.75. The van der Waals surface area contributed by atoms with Gasteiger partial charge in [0.05, 0.1) is 19.3 Å². The summed E-state index contributed by atoms with van der Waals surface area (Å²) in [6.07, 6.45) is 0.665. The van der Waals surface area contributed by atoms with E-state index in [0.29, 0.717) is 36.6 Å². The van der Waals surface area contributed by atoms with E-state index in [1.54, 1.807) is 25.3 Å². The Hall–Kier alpha value is -1.75. The quantitative estimate of drug-likeness (QED) is 0.462. The summed E-state index contributed by atoms with van der Waals surface area (Å²) in [6.45, 7) is 0.878. The molecule has 0 aliphatic rings. The number of anilines is 1. The molecule has 2 N–H and O–H groups in total. The first-order valence-corrected chi connectivity index (χ1v) is 5.28. The van der Waals surface area contributed by atoms with Gasteiger partial charge in [0.25, 0.3) is 0 Å². The maximum atomic E-state index is 11.6. The van der Waals surface area contributed by atoms with Crippen molar-refractivity contribution in [1.82, 2.24) is 0 Å². The Morgan fingerprint density at radius 2 is 2.06 bits per heavy atom. The van der Waals surface area contributed by atoms with E-state index in [0.717, 1.165) is 0 Å². The number of carbonyl (C=O) groups excluding carboxylic acids is 1. The highest BCUT2D eigenvalue weighted by Gasteiger charge is 2.11. The van der Waals surface area contributed by atoms with E-state index < -0.39 is 5.97 Å². The smallest absolute Gasteiger partial charge is 0.340 e. The number of methoxy groups -OCH3 is 2. The van der Waals surface area contributed by atoms with Gasteiger partial charge in [-0.3, -0.25) is 0 Å². The summed E-state index contributed by atoms with van der Waals surface area (Å²) in [5.74, 6) is 0.180. The molecule has 0 atom stereocenters. The monoisotopic (exact) mass is 239 g/mol. The zero-order valence-corrected chi connectivity index (χ0v) is 10.1. The lowest BCUT2D eigenvalue weighted by molar-refractivity contribution is 0.0469. The Bertz CT molecular complexity index is 379. The maximum Gasteiger partial charge on any atom is 0.340 e. The third-order valence-electron chi connectivity index (χ3n) is 2.20. The largest absolute Gasteiger partial charge is 0.497 e. The van der Waals surface area contributed by atoms with Crippen molar-refractivity contribution in [2.75, 3.05) is 33.2 Å². The number of nitrogen functional groups attached to an aromatic ring is 1. The van der Waals surface area contributed by atoms with Gasteiger partial charge in [0, 0.05) is 31.9 Å². The van der Waals surface area contributed by atoms with Crippen LogP contribution in [0.3, 0.4) is 0 Å². The molecular weight excluding hydrogens is 222 g/mol. The van der Waals surface area contributed by atoms with Crippen molar-refractivity contribution >= 4 is 11.7 Å². The van der Waals surface area contributed by atoms with Crippen molar-refractivity contribution < 1.29 is 19.0 Å². The molecule has 0 saturated heterocycles. The van der Waals surface area contributed by atoms with E-state index in [9.17, 15) is 4.79 Å². The van der Waals surface area contributed by atoms with Gasteiger partial charge in [-0.05, 0) is 12.1 Å². The van der Waals surface area contributed by atoms with Gasteiger partial charge < -0.3 is 19.9 Å². The molecule has 5 nitrogen and oxygen atoms in total. The zero-order valence-electron chi connectivity index (χ0n) is 10.1. The van der Waals surface area contributed by atoms with Gasteiger partial charge in [0.15, 0.2) is 0 Å². The van der Waals surface area contributed by atoms with Crippen LogP contribution in [0.4, 0.5) is 5.69 Å². The molecule has 0 aromatic heterocycles. The summed E-state index contributed by atoms with van der Waals surface area (Å²) < 4.78 is 14.9. The average molecular weight is 239 g/mol. The van der Waals surface area contributed by atoms with E-state index >= 15 is 0 Å². The Morgan fingerprint density at radius 3 is 2.65 bits per heavy atom. The number of rotatable bonds is 6. The zero-order chi connectivity index (χ0) is 12.7. The van der Waals surface area contributed by atoms with Crippen LogP contribution in [0, 0.1) is 0 Å². The van der Waals surface area contributed by atoms with E-state index in [1.807, 2.05) is 0 Å². The minimum atomic E-state index is -0.429. The Balaban J connectivity index is 2.57. The van der Waals surface area contributed by atoms with Gasteiger partial charge in [-0.2, -0.15) is 0 Å². The van der Waals surface area contributed by atoms with E-state index in [-0.39, 0.29) is 0 Å². The summed E-state index contributed by atoms with van der Waals surface area (Å²) in [4.78, 5) is 11.6. The third kappa shape index (κ3) is 3.96. The van der Waals surface area contributed by atoms with Crippen LogP contribution in [0.1, 0.15) is 16.8 Å². The molecule has 0 aliphatic carbocycles. The van der Waals surface area contributed by atoms with Crippen LogP contribution < -0.4 is 10.5 Å². The van der Waals surface area contributed by atoms with Crippen molar-refractivity contribution in [3.8, 4) is 5.75 Å². The molecule has 0 spiro atoms. The minimum Gasteiger partial charge on any atom is -0.497 e. The van der Waals surface area contributed by atoms with Crippen LogP contribution in [-0.2, 0) is 9.47 Å². The fourth-order valence-corrected chi connectivity index (χ4v) is 1.30. The molecule has 0 saturated carbocycles. The number of nitrogens with two attached hydrogens (primary N) is 1. The second-order valence-corrected chi connectivity index (χ2v) is 3.44. The lowest BCUT2D eigenvalue weighted by atomic mass is 10.2. The predicted molar refractivity (Wildman–Crippen MR) is 64.2 cm³/mol. The fourth-order valence-electron chi connectivity index (χ4n) is 1.30. The molecule has 0 amide bonds. The van der Waals surface area contributed by atoms with Gasteiger partial charge in [-0.15, -0.1) is 0 Å². The van der Waals surface area contributed by atoms with Crippen LogP contribution in [0.5, 0.6) is 5.75 Å². The molecule has 0 heterocycles. The third-order valence-corrected chi connectivity index (χ3v) is 2.20. The first-order chi connectivity index (χ1) is 8.19. The van der Waals surface area contributed by atoms with Crippen molar-refractivity contribution in [3.05, 3.63) is 23.8 Å². The van der Waals surface area contributed by atoms with Gasteiger partial charge in [-0.25, -0.2) is 4.79 Å². The van der Waals surface area contributed by atoms with Gasteiger partial charge in [0.1, 0.15) is 5.75 Å². The molecular formula is C12H17NO4. The molecule has 1 rings (SSSR count). The van der Waals surface area contributed by atoms with Gasteiger partial charge >= 0.3 is 5.97 Å². The standard InChI is InChI=1S/C12H17NO4/c1-15-6-3-7-17-12(14)10-5-4-9(16-2)8-11(10)13/h4-5,8H,3,6-7,13H2,1-2H3.